The summed E-state index contributed by atoms with van der Waals surface area (Å²) in [6, 6.07) is 13.6. The molecule has 6 heteroatoms. The standard InChI is InChI=1S/C19H12FN3O2/c20-14-8-15(19(24)25)17-16(9-14)22-18(23-17)12-5-3-11(4-6-12)13-2-1-7-21-10-13/h1-10H,(H,22,23)(H,24,25). The molecule has 122 valence electrons. The number of imidazole rings is 1. The molecule has 2 N–H and O–H groups in total. The van der Waals surface area contributed by atoms with Gasteiger partial charge in [0.1, 0.15) is 17.2 Å². The maximum Gasteiger partial charge on any atom is 0.338 e. The SMILES string of the molecule is O=C(O)c1cc(F)cc2[nH]c(-c3ccc(-c4cccnc4)cc3)nc12. The molecule has 0 spiro atoms. The molecule has 0 saturated heterocycles. The molecule has 0 saturated carbocycles. The summed E-state index contributed by atoms with van der Waals surface area (Å²) >= 11 is 0. The third-order valence-corrected chi connectivity index (χ3v) is 3.93. The number of pyridine rings is 1. The molecule has 0 fully saturated rings. The maximum absolute atomic E-state index is 13.6. The van der Waals surface area contributed by atoms with Crippen LogP contribution < -0.4 is 0 Å². The van der Waals surface area contributed by atoms with Crippen LogP contribution in [0.15, 0.2) is 60.9 Å². The average Bonchev–Trinajstić information content (AvgIpc) is 3.05. The van der Waals surface area contributed by atoms with Crippen molar-refractivity contribution in [2.24, 2.45) is 0 Å². The molecule has 0 unspecified atom stereocenters. The van der Waals surface area contributed by atoms with Crippen LogP contribution in [0.2, 0.25) is 0 Å². The van der Waals surface area contributed by atoms with Crippen LogP contribution in [0, 0.1) is 5.82 Å². The van der Waals surface area contributed by atoms with Gasteiger partial charge < -0.3 is 10.1 Å². The van der Waals surface area contributed by atoms with Gasteiger partial charge in [0, 0.05) is 18.0 Å². The van der Waals surface area contributed by atoms with Crippen molar-refractivity contribution in [1.82, 2.24) is 15.0 Å². The molecule has 2 aromatic heterocycles. The summed E-state index contributed by atoms with van der Waals surface area (Å²) in [4.78, 5) is 22.7. The Kier molecular flexibility index (Phi) is 3.50. The Hall–Kier alpha value is -3.54. The number of benzene rings is 2. The highest BCUT2D eigenvalue weighted by molar-refractivity contribution is 6.01. The van der Waals surface area contributed by atoms with Gasteiger partial charge in [-0.15, -0.1) is 0 Å². The molecular weight excluding hydrogens is 321 g/mol. The lowest BCUT2D eigenvalue weighted by atomic mass is 10.1. The number of aromatic nitrogens is 3. The normalized spacial score (nSPS) is 10.9. The summed E-state index contributed by atoms with van der Waals surface area (Å²) in [7, 11) is 0. The van der Waals surface area contributed by atoms with Crippen molar-refractivity contribution in [1.29, 1.82) is 0 Å². The van der Waals surface area contributed by atoms with Crippen LogP contribution in [0.3, 0.4) is 0 Å². The van der Waals surface area contributed by atoms with Crippen molar-refractivity contribution in [2.75, 3.05) is 0 Å². The highest BCUT2D eigenvalue weighted by atomic mass is 19.1. The number of aromatic amines is 1. The monoisotopic (exact) mass is 333 g/mol. The molecule has 25 heavy (non-hydrogen) atoms. The van der Waals surface area contributed by atoms with Crippen molar-refractivity contribution >= 4 is 17.0 Å². The summed E-state index contributed by atoms with van der Waals surface area (Å²) in [5.41, 5.74) is 3.20. The number of nitrogens with one attached hydrogen (secondary N) is 1. The van der Waals surface area contributed by atoms with Crippen LogP contribution in [0.5, 0.6) is 0 Å². The number of aromatic carboxylic acids is 1. The number of nitrogens with zero attached hydrogens (tertiary/aromatic N) is 2. The zero-order valence-electron chi connectivity index (χ0n) is 12.9. The fraction of sp³-hybridized carbons (Fsp3) is 0. The summed E-state index contributed by atoms with van der Waals surface area (Å²) in [6.45, 7) is 0. The summed E-state index contributed by atoms with van der Waals surface area (Å²) in [5, 5.41) is 9.22. The number of rotatable bonds is 3. The first-order valence-electron chi connectivity index (χ1n) is 7.55. The molecular formula is C19H12FN3O2. The molecule has 4 aromatic rings. The number of carbonyl (C=O) groups is 1. The smallest absolute Gasteiger partial charge is 0.338 e. The second-order valence-corrected chi connectivity index (χ2v) is 5.56. The Morgan fingerprint density at radius 3 is 2.48 bits per heavy atom. The van der Waals surface area contributed by atoms with Gasteiger partial charge in [-0.3, -0.25) is 4.98 Å². The van der Waals surface area contributed by atoms with Gasteiger partial charge in [0.2, 0.25) is 0 Å². The van der Waals surface area contributed by atoms with Crippen molar-refractivity contribution in [3.63, 3.8) is 0 Å². The Morgan fingerprint density at radius 1 is 1.04 bits per heavy atom. The summed E-state index contributed by atoms with van der Waals surface area (Å²) < 4.78 is 13.6. The van der Waals surface area contributed by atoms with Gasteiger partial charge in [0.25, 0.3) is 0 Å². The number of hydrogen-bond acceptors (Lipinski definition) is 3. The molecule has 0 radical (unpaired) electrons. The number of fused-ring (bicyclic) bond motifs is 1. The van der Waals surface area contributed by atoms with Crippen LogP contribution in [0.1, 0.15) is 10.4 Å². The summed E-state index contributed by atoms with van der Waals surface area (Å²) in [6.07, 6.45) is 3.49. The van der Waals surface area contributed by atoms with E-state index in [1.165, 1.54) is 6.07 Å². The first-order chi connectivity index (χ1) is 12.1. The Bertz CT molecular complexity index is 1070. The lowest BCUT2D eigenvalue weighted by Crippen LogP contribution is -1.98. The van der Waals surface area contributed by atoms with E-state index in [9.17, 15) is 14.3 Å². The van der Waals surface area contributed by atoms with E-state index in [0.717, 1.165) is 22.8 Å². The summed E-state index contributed by atoms with van der Waals surface area (Å²) in [5.74, 6) is -1.35. The van der Waals surface area contributed by atoms with Gasteiger partial charge >= 0.3 is 5.97 Å². The zero-order chi connectivity index (χ0) is 17.4. The second-order valence-electron chi connectivity index (χ2n) is 5.56. The molecule has 4 rings (SSSR count). The molecule has 2 aromatic carbocycles. The Labute approximate surface area is 141 Å². The highest BCUT2D eigenvalue weighted by Crippen LogP contribution is 2.26. The Balaban J connectivity index is 1.77. The van der Waals surface area contributed by atoms with E-state index >= 15 is 0 Å². The molecule has 0 amide bonds. The van der Waals surface area contributed by atoms with Crippen LogP contribution >= 0.6 is 0 Å². The number of H-pyrrole nitrogens is 1. The van der Waals surface area contributed by atoms with Crippen molar-refractivity contribution < 1.29 is 14.3 Å². The third kappa shape index (κ3) is 2.74. The van der Waals surface area contributed by atoms with Gasteiger partial charge in [0.05, 0.1) is 11.1 Å². The average molecular weight is 333 g/mol. The predicted molar refractivity (Wildman–Crippen MR) is 91.7 cm³/mol. The molecule has 5 nitrogen and oxygen atoms in total. The van der Waals surface area contributed by atoms with Gasteiger partial charge in [0.15, 0.2) is 0 Å². The van der Waals surface area contributed by atoms with Crippen molar-refractivity contribution in [2.45, 2.75) is 0 Å². The number of carboxylic acid groups (broad SMARTS) is 1. The second kappa shape index (κ2) is 5.83. The minimum Gasteiger partial charge on any atom is -0.478 e. The van der Waals surface area contributed by atoms with Crippen molar-refractivity contribution in [3.05, 3.63) is 72.3 Å². The zero-order valence-corrected chi connectivity index (χ0v) is 12.9. The van der Waals surface area contributed by atoms with Crippen LogP contribution in [0.4, 0.5) is 4.39 Å². The quantitative estimate of drug-likeness (QED) is 0.591. The molecule has 0 bridgehead atoms. The molecule has 0 aliphatic heterocycles. The fourth-order valence-electron chi connectivity index (χ4n) is 2.74. The van der Waals surface area contributed by atoms with E-state index in [-0.39, 0.29) is 11.1 Å². The molecule has 0 atom stereocenters. The highest BCUT2D eigenvalue weighted by Gasteiger charge is 2.15. The van der Waals surface area contributed by atoms with Gasteiger partial charge in [-0.2, -0.15) is 0 Å². The van der Waals surface area contributed by atoms with Crippen LogP contribution in [-0.2, 0) is 0 Å². The maximum atomic E-state index is 13.6. The van der Waals surface area contributed by atoms with Gasteiger partial charge in [-0.05, 0) is 29.3 Å². The van der Waals surface area contributed by atoms with E-state index < -0.39 is 11.8 Å². The molecule has 2 heterocycles. The predicted octanol–water partition coefficient (Wildman–Crippen LogP) is 4.13. The van der Waals surface area contributed by atoms with Gasteiger partial charge in [-0.1, -0.05) is 30.3 Å². The molecule has 0 aliphatic rings. The third-order valence-electron chi connectivity index (χ3n) is 3.93. The van der Waals surface area contributed by atoms with Gasteiger partial charge in [-0.25, -0.2) is 14.2 Å². The lowest BCUT2D eigenvalue weighted by molar-refractivity contribution is 0.0698. The van der Waals surface area contributed by atoms with Crippen LogP contribution in [0.25, 0.3) is 33.5 Å². The van der Waals surface area contributed by atoms with E-state index in [0.29, 0.717) is 11.3 Å². The lowest BCUT2D eigenvalue weighted by Gasteiger charge is -2.02. The van der Waals surface area contributed by atoms with E-state index in [1.54, 1.807) is 12.4 Å². The number of hydrogen-bond donors (Lipinski definition) is 2. The minimum atomic E-state index is -1.21. The van der Waals surface area contributed by atoms with Crippen molar-refractivity contribution in [3.8, 4) is 22.5 Å². The van der Waals surface area contributed by atoms with E-state index in [2.05, 4.69) is 15.0 Å². The van der Waals surface area contributed by atoms with E-state index in [4.69, 9.17) is 0 Å². The van der Waals surface area contributed by atoms with E-state index in [1.807, 2.05) is 36.4 Å². The first kappa shape index (κ1) is 15.0. The van der Waals surface area contributed by atoms with Crippen LogP contribution in [-0.4, -0.2) is 26.0 Å². The largest absolute Gasteiger partial charge is 0.478 e. The minimum absolute atomic E-state index is 0.163. The number of halogens is 1. The fourth-order valence-corrected chi connectivity index (χ4v) is 2.74. The Morgan fingerprint density at radius 2 is 1.80 bits per heavy atom. The molecule has 0 aliphatic carbocycles. The topological polar surface area (TPSA) is 78.9 Å². The number of carboxylic acids is 1. The first-order valence-corrected chi connectivity index (χ1v) is 7.55.